The third-order valence-electron chi connectivity index (χ3n) is 9.33. The minimum absolute atomic E-state index is 0.000131. The van der Waals surface area contributed by atoms with Gasteiger partial charge in [0.1, 0.15) is 40.9 Å². The van der Waals surface area contributed by atoms with E-state index in [1.807, 2.05) is 4.90 Å². The number of aromatic hydroxyl groups is 1. The number of ether oxygens (including phenoxy) is 1. The molecule has 8 nitrogen and oxygen atoms in total. The quantitative estimate of drug-likeness (QED) is 0.219. The van der Waals surface area contributed by atoms with E-state index in [0.29, 0.717) is 37.2 Å². The van der Waals surface area contributed by atoms with Gasteiger partial charge in [0.05, 0.1) is 16.5 Å². The molecule has 0 bridgehead atoms. The Morgan fingerprint density at radius 3 is 2.71 bits per heavy atom. The fourth-order valence-corrected chi connectivity index (χ4v) is 7.42. The van der Waals surface area contributed by atoms with E-state index in [-0.39, 0.29) is 57.1 Å². The van der Waals surface area contributed by atoms with Gasteiger partial charge >= 0.3 is 6.01 Å². The Labute approximate surface area is 260 Å². The lowest BCUT2D eigenvalue weighted by Crippen LogP contribution is -2.46. The number of phenolic OH excluding ortho intramolecular Hbond substituents is 1. The van der Waals surface area contributed by atoms with Gasteiger partial charge in [-0.15, -0.1) is 0 Å². The largest absolute Gasteiger partial charge is 0.508 e. The SMILES string of the molecule is C=C1CN2CCCC2(COc2nc(N3CCC[C@@](C)(O)C3)c3c(C#CC)nc(-c4cc(O)cc5cccc(F)c45)c(F)c3n2)C1. The first-order chi connectivity index (χ1) is 21.6. The number of rotatable bonds is 5. The summed E-state index contributed by atoms with van der Waals surface area (Å²) in [4.78, 5) is 18.3. The lowest BCUT2D eigenvalue weighted by atomic mass is 9.94. The summed E-state index contributed by atoms with van der Waals surface area (Å²) in [5.41, 5.74) is -0.0174. The van der Waals surface area contributed by atoms with Gasteiger partial charge in [-0.05, 0) is 82.0 Å². The van der Waals surface area contributed by atoms with E-state index in [0.717, 1.165) is 37.9 Å². The summed E-state index contributed by atoms with van der Waals surface area (Å²) in [6.07, 6.45) is 4.15. The van der Waals surface area contributed by atoms with Crippen LogP contribution in [-0.2, 0) is 0 Å². The molecule has 0 spiro atoms. The van der Waals surface area contributed by atoms with Crippen molar-refractivity contribution in [1.29, 1.82) is 0 Å². The zero-order valence-corrected chi connectivity index (χ0v) is 25.5. The van der Waals surface area contributed by atoms with Crippen LogP contribution in [0.15, 0.2) is 42.5 Å². The highest BCUT2D eigenvalue weighted by Gasteiger charge is 2.46. The lowest BCUT2D eigenvalue weighted by molar-refractivity contribution is 0.0447. The average molecular weight is 612 g/mol. The number of aliphatic hydroxyl groups is 1. The van der Waals surface area contributed by atoms with Crippen molar-refractivity contribution >= 4 is 27.5 Å². The predicted octanol–water partition coefficient (Wildman–Crippen LogP) is 5.72. The summed E-state index contributed by atoms with van der Waals surface area (Å²) >= 11 is 0. The molecule has 3 fully saturated rings. The van der Waals surface area contributed by atoms with E-state index < -0.39 is 17.2 Å². The number of benzene rings is 2. The second kappa shape index (κ2) is 10.9. The Hall–Kier alpha value is -4.33. The predicted molar refractivity (Wildman–Crippen MR) is 169 cm³/mol. The molecule has 2 aromatic heterocycles. The molecular formula is C35H35F2N5O3. The normalized spacial score (nSPS) is 23.4. The van der Waals surface area contributed by atoms with Crippen LogP contribution in [0.3, 0.4) is 0 Å². The molecule has 3 saturated heterocycles. The van der Waals surface area contributed by atoms with E-state index in [1.165, 1.54) is 24.3 Å². The van der Waals surface area contributed by atoms with E-state index in [4.69, 9.17) is 9.72 Å². The molecule has 45 heavy (non-hydrogen) atoms. The van der Waals surface area contributed by atoms with Gasteiger partial charge in [-0.2, -0.15) is 9.97 Å². The van der Waals surface area contributed by atoms with Gasteiger partial charge in [-0.25, -0.2) is 13.8 Å². The van der Waals surface area contributed by atoms with Crippen LogP contribution in [0.2, 0.25) is 0 Å². The monoisotopic (exact) mass is 611 g/mol. The molecule has 2 aromatic carbocycles. The molecule has 7 rings (SSSR count). The molecule has 0 radical (unpaired) electrons. The maximum absolute atomic E-state index is 16.9. The molecule has 0 aliphatic carbocycles. The second-order valence-electron chi connectivity index (χ2n) is 12.9. The summed E-state index contributed by atoms with van der Waals surface area (Å²) in [7, 11) is 0. The van der Waals surface area contributed by atoms with Crippen LogP contribution in [0.5, 0.6) is 11.8 Å². The van der Waals surface area contributed by atoms with Gasteiger partial charge in [0.2, 0.25) is 0 Å². The summed E-state index contributed by atoms with van der Waals surface area (Å²) in [6, 6.07) is 7.18. The Morgan fingerprint density at radius 2 is 1.91 bits per heavy atom. The Bertz CT molecular complexity index is 1930. The van der Waals surface area contributed by atoms with Gasteiger partial charge in [0.25, 0.3) is 0 Å². The molecular weight excluding hydrogens is 576 g/mol. The number of nitrogens with zero attached hydrogens (tertiary/aromatic N) is 5. The standard InChI is InChI=1S/C35H35F2N5O3/c1-4-8-26-28-31(29(37)30(38-26)24-16-23(43)15-22-9-5-10-25(36)27(22)24)39-33(40-32(28)41-13-6-11-34(3,44)19-41)45-20-35-12-7-14-42(35)18-21(2)17-35/h5,9-10,15-16,43-44H,2,6-7,11-14,17-20H2,1,3H3/t34-,35?/m1/s1. The molecule has 10 heteroatoms. The number of aromatic nitrogens is 3. The average Bonchev–Trinajstić information content (AvgIpc) is 3.52. The fourth-order valence-electron chi connectivity index (χ4n) is 7.42. The Balaban J connectivity index is 1.45. The van der Waals surface area contributed by atoms with Crippen molar-refractivity contribution in [3.8, 4) is 34.9 Å². The number of hydrogen-bond acceptors (Lipinski definition) is 8. The minimum Gasteiger partial charge on any atom is -0.508 e. The summed E-state index contributed by atoms with van der Waals surface area (Å²) < 4.78 is 38.5. The first-order valence-electron chi connectivity index (χ1n) is 15.3. The maximum Gasteiger partial charge on any atom is 0.319 e. The van der Waals surface area contributed by atoms with Crippen molar-refractivity contribution in [1.82, 2.24) is 19.9 Å². The number of β-amino-alcohol motifs (C(OH)–C–C–N with tert-alkyl or cyclic N) is 1. The van der Waals surface area contributed by atoms with Gasteiger partial charge in [0, 0.05) is 30.6 Å². The molecule has 5 heterocycles. The number of anilines is 1. The highest BCUT2D eigenvalue weighted by Crippen LogP contribution is 2.42. The van der Waals surface area contributed by atoms with E-state index >= 15 is 8.78 Å². The topological polar surface area (TPSA) is 94.8 Å². The highest BCUT2D eigenvalue weighted by molar-refractivity contribution is 6.01. The molecule has 2 atom stereocenters. The van der Waals surface area contributed by atoms with E-state index in [9.17, 15) is 10.2 Å². The van der Waals surface area contributed by atoms with Gasteiger partial charge in [-0.3, -0.25) is 4.90 Å². The van der Waals surface area contributed by atoms with Crippen molar-refractivity contribution in [2.24, 2.45) is 0 Å². The first kappa shape index (κ1) is 29.4. The summed E-state index contributed by atoms with van der Waals surface area (Å²) in [6.45, 7) is 10.6. The van der Waals surface area contributed by atoms with Crippen LogP contribution >= 0.6 is 0 Å². The van der Waals surface area contributed by atoms with Crippen LogP contribution < -0.4 is 9.64 Å². The van der Waals surface area contributed by atoms with Gasteiger partial charge < -0.3 is 19.8 Å². The van der Waals surface area contributed by atoms with Crippen molar-refractivity contribution in [3.63, 3.8) is 0 Å². The Morgan fingerprint density at radius 1 is 1.09 bits per heavy atom. The lowest BCUT2D eigenvalue weighted by Gasteiger charge is -2.38. The molecule has 1 unspecified atom stereocenters. The Kier molecular flexibility index (Phi) is 7.14. The molecule has 232 valence electrons. The number of hydrogen-bond donors (Lipinski definition) is 2. The van der Waals surface area contributed by atoms with Crippen molar-refractivity contribution in [2.45, 2.75) is 57.1 Å². The molecule has 3 aliphatic heterocycles. The zero-order chi connectivity index (χ0) is 31.5. The summed E-state index contributed by atoms with van der Waals surface area (Å²) in [5, 5.41) is 22.3. The second-order valence-corrected chi connectivity index (χ2v) is 12.9. The maximum atomic E-state index is 16.9. The van der Waals surface area contributed by atoms with Crippen molar-refractivity contribution in [2.75, 3.05) is 37.7 Å². The fraction of sp³-hybridized carbons (Fsp3) is 0.400. The van der Waals surface area contributed by atoms with Gasteiger partial charge in [-0.1, -0.05) is 30.2 Å². The van der Waals surface area contributed by atoms with Crippen LogP contribution in [0.1, 0.15) is 51.6 Å². The van der Waals surface area contributed by atoms with E-state index in [1.54, 1.807) is 19.9 Å². The first-order valence-corrected chi connectivity index (χ1v) is 15.3. The van der Waals surface area contributed by atoms with Crippen LogP contribution in [0.25, 0.3) is 32.9 Å². The van der Waals surface area contributed by atoms with Crippen LogP contribution in [0, 0.1) is 23.5 Å². The number of fused-ring (bicyclic) bond motifs is 3. The number of phenols is 1. The molecule has 3 aliphatic rings. The number of halogens is 2. The molecule has 0 saturated carbocycles. The van der Waals surface area contributed by atoms with Crippen molar-refractivity contribution < 1.29 is 23.7 Å². The number of pyridine rings is 1. The third-order valence-corrected chi connectivity index (χ3v) is 9.33. The molecule has 2 N–H and O–H groups in total. The molecule has 4 aromatic rings. The van der Waals surface area contributed by atoms with E-state index in [2.05, 4.69) is 33.3 Å². The molecule has 0 amide bonds. The smallest absolute Gasteiger partial charge is 0.319 e. The zero-order valence-electron chi connectivity index (χ0n) is 25.5. The van der Waals surface area contributed by atoms with Crippen molar-refractivity contribution in [3.05, 3.63) is 59.8 Å². The minimum atomic E-state index is -0.982. The summed E-state index contributed by atoms with van der Waals surface area (Å²) in [5.74, 6) is 4.67. The van der Waals surface area contributed by atoms with Crippen LogP contribution in [-0.4, -0.2) is 74.0 Å². The van der Waals surface area contributed by atoms with Crippen LogP contribution in [0.4, 0.5) is 14.6 Å². The highest BCUT2D eigenvalue weighted by atomic mass is 19.1. The van der Waals surface area contributed by atoms with Gasteiger partial charge in [0.15, 0.2) is 5.82 Å². The number of piperidine rings is 1. The third kappa shape index (κ3) is 5.14.